The van der Waals surface area contributed by atoms with Crippen LogP contribution in [0.25, 0.3) is 11.1 Å². The number of fused-ring (bicyclic) bond motifs is 3. The smallest absolute Gasteiger partial charge is 0.407 e. The standard InChI is InChI=1S/C21H19N3O4/c25-20(26)19(9-13-10-22-12-23-13)24-21(27)28-11-18-16-7-3-1-5-14(16)15-6-2-4-8-17(15)18/h1-8,10,12,18-19H,9,11H2,(H,22,23)(H,24,27)(H,25,26)/t19-/m0/s1/i23+1. The van der Waals surface area contributed by atoms with Crippen molar-refractivity contribution in [2.45, 2.75) is 18.4 Å². The first-order chi connectivity index (χ1) is 13.6. The summed E-state index contributed by atoms with van der Waals surface area (Å²) >= 11 is 0. The van der Waals surface area contributed by atoms with E-state index in [0.29, 0.717) is 5.69 Å². The van der Waals surface area contributed by atoms with Crippen molar-refractivity contribution in [3.63, 3.8) is 0 Å². The fourth-order valence-corrected chi connectivity index (χ4v) is 3.60. The number of aromatic amines is 1. The SMILES string of the molecule is O=C(N[C@@H](Cc1cnc[15nH]1)C(=O)O)OCC1c2ccccc2-c2ccccc21. The van der Waals surface area contributed by atoms with Crippen molar-refractivity contribution >= 4 is 12.1 Å². The summed E-state index contributed by atoms with van der Waals surface area (Å²) in [6.07, 6.45) is 2.32. The molecule has 0 spiro atoms. The van der Waals surface area contributed by atoms with Gasteiger partial charge in [-0.25, -0.2) is 14.6 Å². The van der Waals surface area contributed by atoms with E-state index in [-0.39, 0.29) is 18.9 Å². The topological polar surface area (TPSA) is 104 Å². The van der Waals surface area contributed by atoms with Crippen LogP contribution in [0.15, 0.2) is 61.1 Å². The van der Waals surface area contributed by atoms with Gasteiger partial charge in [0, 0.05) is 24.2 Å². The first kappa shape index (κ1) is 17.8. The minimum Gasteiger partial charge on any atom is -0.480 e. The van der Waals surface area contributed by atoms with E-state index in [2.05, 4.69) is 27.4 Å². The molecule has 0 unspecified atom stereocenters. The van der Waals surface area contributed by atoms with Gasteiger partial charge in [-0.3, -0.25) is 0 Å². The number of ether oxygens (including phenoxy) is 1. The van der Waals surface area contributed by atoms with Gasteiger partial charge in [0.05, 0.1) is 6.33 Å². The summed E-state index contributed by atoms with van der Waals surface area (Å²) < 4.78 is 5.40. The number of amides is 1. The van der Waals surface area contributed by atoms with Gasteiger partial charge in [-0.15, -0.1) is 0 Å². The van der Waals surface area contributed by atoms with E-state index in [4.69, 9.17) is 4.74 Å². The van der Waals surface area contributed by atoms with E-state index >= 15 is 0 Å². The fourth-order valence-electron chi connectivity index (χ4n) is 3.60. The summed E-state index contributed by atoms with van der Waals surface area (Å²) in [4.78, 5) is 30.4. The van der Waals surface area contributed by atoms with E-state index in [1.807, 2.05) is 36.4 Å². The zero-order valence-electron chi connectivity index (χ0n) is 15.0. The molecule has 1 aliphatic carbocycles. The lowest BCUT2D eigenvalue weighted by Crippen LogP contribution is -2.43. The number of alkyl carbamates (subject to hydrolysis) is 1. The van der Waals surface area contributed by atoms with Crippen LogP contribution >= 0.6 is 0 Å². The van der Waals surface area contributed by atoms with Crippen molar-refractivity contribution in [2.24, 2.45) is 0 Å². The zero-order valence-corrected chi connectivity index (χ0v) is 15.0. The molecule has 0 radical (unpaired) electrons. The monoisotopic (exact) mass is 378 g/mol. The number of H-pyrrole nitrogens is 1. The molecular weight excluding hydrogens is 359 g/mol. The van der Waals surface area contributed by atoms with Gasteiger partial charge >= 0.3 is 12.1 Å². The molecule has 7 heteroatoms. The molecule has 0 bridgehead atoms. The largest absolute Gasteiger partial charge is 0.480 e. The van der Waals surface area contributed by atoms with Crippen LogP contribution in [0, 0.1) is 0 Å². The quantitative estimate of drug-likeness (QED) is 0.612. The maximum absolute atomic E-state index is 12.2. The van der Waals surface area contributed by atoms with Gasteiger partial charge in [0.25, 0.3) is 0 Å². The highest BCUT2D eigenvalue weighted by atomic mass is 16.5. The molecule has 3 N–H and O–H groups in total. The Morgan fingerprint density at radius 3 is 2.32 bits per heavy atom. The van der Waals surface area contributed by atoms with Crippen molar-refractivity contribution in [1.29, 1.82) is 0 Å². The molecule has 1 amide bonds. The number of hydrogen-bond acceptors (Lipinski definition) is 4. The highest BCUT2D eigenvalue weighted by Crippen LogP contribution is 2.44. The number of nitrogens with one attached hydrogen (secondary N) is 2. The predicted octanol–water partition coefficient (Wildman–Crippen LogP) is 2.94. The number of carboxylic acids is 1. The molecule has 2 aromatic carbocycles. The summed E-state index contributed by atoms with van der Waals surface area (Å²) in [5.41, 5.74) is 5.09. The van der Waals surface area contributed by atoms with Crippen LogP contribution in [0.4, 0.5) is 4.79 Å². The van der Waals surface area contributed by atoms with E-state index < -0.39 is 18.1 Å². The average molecular weight is 378 g/mol. The molecule has 142 valence electrons. The number of carbonyl (C=O) groups excluding carboxylic acids is 1. The number of rotatable bonds is 6. The van der Waals surface area contributed by atoms with E-state index in [0.717, 1.165) is 22.3 Å². The molecular formula is C21H19N3O4. The van der Waals surface area contributed by atoms with Gasteiger partial charge in [0.1, 0.15) is 12.6 Å². The Labute approximate surface area is 161 Å². The molecule has 28 heavy (non-hydrogen) atoms. The fraction of sp³-hybridized carbons (Fsp3) is 0.190. The van der Waals surface area contributed by atoms with Crippen LogP contribution in [-0.2, 0) is 16.0 Å². The Morgan fingerprint density at radius 1 is 1.11 bits per heavy atom. The van der Waals surface area contributed by atoms with Gasteiger partial charge in [-0.1, -0.05) is 48.5 Å². The number of hydrogen-bond donors (Lipinski definition) is 3. The Bertz CT molecular complexity index is 955. The van der Waals surface area contributed by atoms with Crippen molar-refractivity contribution in [3.8, 4) is 11.1 Å². The summed E-state index contributed by atoms with van der Waals surface area (Å²) in [5.74, 6) is -1.21. The van der Waals surface area contributed by atoms with Crippen molar-refractivity contribution < 1.29 is 19.4 Å². The third kappa shape index (κ3) is 3.46. The number of aromatic nitrogens is 2. The minimum atomic E-state index is -1.14. The Morgan fingerprint density at radius 2 is 1.75 bits per heavy atom. The lowest BCUT2D eigenvalue weighted by molar-refractivity contribution is -0.139. The molecule has 1 aromatic heterocycles. The molecule has 7 nitrogen and oxygen atoms in total. The number of aliphatic carboxylic acids is 1. The van der Waals surface area contributed by atoms with Crippen molar-refractivity contribution in [1.82, 2.24) is 15.3 Å². The maximum Gasteiger partial charge on any atom is 0.407 e. The molecule has 0 saturated heterocycles. The van der Waals surface area contributed by atoms with Gasteiger partial charge in [0.15, 0.2) is 0 Å². The van der Waals surface area contributed by atoms with E-state index in [9.17, 15) is 14.7 Å². The van der Waals surface area contributed by atoms with Gasteiger partial charge in [-0.05, 0) is 22.3 Å². The second-order valence-corrected chi connectivity index (χ2v) is 6.64. The first-order valence-corrected chi connectivity index (χ1v) is 8.95. The van der Waals surface area contributed by atoms with Crippen molar-refractivity contribution in [2.75, 3.05) is 6.61 Å². The highest BCUT2D eigenvalue weighted by Gasteiger charge is 2.29. The molecule has 1 heterocycles. The number of imidazole rings is 1. The normalized spacial score (nSPS) is 13.4. The molecule has 0 fully saturated rings. The Balaban J connectivity index is 1.44. The molecule has 3 aromatic rings. The van der Waals surface area contributed by atoms with E-state index in [1.165, 1.54) is 12.5 Å². The predicted molar refractivity (Wildman–Crippen MR) is 102 cm³/mol. The maximum atomic E-state index is 12.2. The van der Waals surface area contributed by atoms with Gasteiger partial charge in [-0.2, -0.15) is 0 Å². The molecule has 0 aliphatic heterocycles. The highest BCUT2D eigenvalue weighted by molar-refractivity contribution is 5.81. The summed E-state index contributed by atoms with van der Waals surface area (Å²) in [7, 11) is 0. The van der Waals surface area contributed by atoms with Crippen LogP contribution in [0.1, 0.15) is 22.7 Å². The van der Waals surface area contributed by atoms with Crippen LogP contribution in [-0.4, -0.2) is 39.8 Å². The van der Waals surface area contributed by atoms with Crippen molar-refractivity contribution in [3.05, 3.63) is 77.9 Å². The number of benzene rings is 2. The Kier molecular flexibility index (Phi) is 4.80. The van der Waals surface area contributed by atoms with Gasteiger partial charge in [0.2, 0.25) is 0 Å². The van der Waals surface area contributed by atoms with Crippen LogP contribution in [0.3, 0.4) is 0 Å². The van der Waals surface area contributed by atoms with Crippen LogP contribution < -0.4 is 5.32 Å². The lowest BCUT2D eigenvalue weighted by atomic mass is 9.98. The average Bonchev–Trinajstić information content (AvgIpc) is 3.32. The lowest BCUT2D eigenvalue weighted by Gasteiger charge is -2.17. The third-order valence-corrected chi connectivity index (χ3v) is 4.91. The van der Waals surface area contributed by atoms with E-state index in [1.54, 1.807) is 0 Å². The number of nitrogens with zero attached hydrogens (tertiary/aromatic N) is 1. The number of carboxylic acid groups (broad SMARTS) is 1. The van der Waals surface area contributed by atoms with Gasteiger partial charge < -0.3 is 20.1 Å². The minimum absolute atomic E-state index is 0.0750. The molecule has 0 saturated carbocycles. The second-order valence-electron chi connectivity index (χ2n) is 6.64. The summed E-state index contributed by atoms with van der Waals surface area (Å²) in [5, 5.41) is 11.8. The molecule has 1 atom stereocenters. The zero-order chi connectivity index (χ0) is 19.5. The summed E-state index contributed by atoms with van der Waals surface area (Å²) in [6, 6.07) is 15.0. The molecule has 1 aliphatic rings. The molecule has 4 rings (SSSR count). The van der Waals surface area contributed by atoms with Crippen LogP contribution in [0.2, 0.25) is 0 Å². The number of carbonyl (C=O) groups is 2. The summed E-state index contributed by atoms with van der Waals surface area (Å²) in [6.45, 7) is 0.135. The Hall–Kier alpha value is -3.61. The third-order valence-electron chi connectivity index (χ3n) is 4.91. The second kappa shape index (κ2) is 7.56. The van der Waals surface area contributed by atoms with Crippen LogP contribution in [0.5, 0.6) is 0 Å². The first-order valence-electron chi connectivity index (χ1n) is 8.95.